The van der Waals surface area contributed by atoms with Gasteiger partial charge in [-0.05, 0) is 53.5 Å². The maximum atomic E-state index is 13.6. The molecular formula is C32H35N3O4S2. The zero-order valence-corrected chi connectivity index (χ0v) is 25.7. The highest BCUT2D eigenvalue weighted by Gasteiger charge is 2.22. The molecule has 41 heavy (non-hydrogen) atoms. The van der Waals surface area contributed by atoms with Gasteiger partial charge >= 0.3 is 0 Å². The number of amides is 1. The molecule has 9 heteroatoms. The first-order valence-electron chi connectivity index (χ1n) is 13.1. The molecule has 0 radical (unpaired) electrons. The molecule has 0 aliphatic rings. The third kappa shape index (κ3) is 6.86. The van der Waals surface area contributed by atoms with E-state index in [4.69, 9.17) is 17.0 Å². The fourth-order valence-electron chi connectivity index (χ4n) is 4.61. The molecule has 0 aromatic heterocycles. The van der Waals surface area contributed by atoms with E-state index in [1.165, 1.54) is 7.11 Å². The van der Waals surface area contributed by atoms with Crippen LogP contribution >= 0.6 is 12.2 Å². The van der Waals surface area contributed by atoms with Crippen molar-refractivity contribution in [2.24, 2.45) is 0 Å². The molecule has 1 amide bonds. The van der Waals surface area contributed by atoms with Crippen molar-refractivity contribution in [1.82, 2.24) is 5.32 Å². The molecule has 0 bridgehead atoms. The minimum Gasteiger partial charge on any atom is -0.496 e. The molecule has 0 aliphatic heterocycles. The molecule has 4 aromatic rings. The molecule has 7 nitrogen and oxygen atoms in total. The molecule has 0 heterocycles. The van der Waals surface area contributed by atoms with E-state index in [2.05, 4.69) is 31.4 Å². The average molecular weight is 590 g/mol. The zero-order valence-electron chi connectivity index (χ0n) is 24.1. The Morgan fingerprint density at radius 1 is 0.927 bits per heavy atom. The van der Waals surface area contributed by atoms with Crippen molar-refractivity contribution in [3.8, 4) is 5.75 Å². The highest BCUT2D eigenvalue weighted by Crippen LogP contribution is 2.33. The van der Waals surface area contributed by atoms with Crippen LogP contribution in [0, 0.1) is 0 Å². The van der Waals surface area contributed by atoms with E-state index >= 15 is 0 Å². The minimum atomic E-state index is -3.71. The number of anilines is 2. The predicted octanol–water partition coefficient (Wildman–Crippen LogP) is 6.31. The van der Waals surface area contributed by atoms with E-state index in [9.17, 15) is 13.2 Å². The molecule has 2 N–H and O–H groups in total. The number of ether oxygens (including phenoxy) is 1. The van der Waals surface area contributed by atoms with Crippen LogP contribution in [-0.4, -0.2) is 40.6 Å². The quantitative estimate of drug-likeness (QED) is 0.244. The number of rotatable bonds is 7. The first kappa shape index (κ1) is 30.0. The molecular weight excluding hydrogens is 555 g/mol. The van der Waals surface area contributed by atoms with Crippen molar-refractivity contribution in [2.75, 3.05) is 31.4 Å². The number of nitrogens with zero attached hydrogens (tertiary/aromatic N) is 1. The Kier molecular flexibility index (Phi) is 8.70. The van der Waals surface area contributed by atoms with Crippen LogP contribution in [0.5, 0.6) is 5.75 Å². The van der Waals surface area contributed by atoms with Crippen molar-refractivity contribution < 1.29 is 17.9 Å². The summed E-state index contributed by atoms with van der Waals surface area (Å²) < 4.78 is 32.7. The Balaban J connectivity index is 1.50. The summed E-state index contributed by atoms with van der Waals surface area (Å²) in [5.41, 5.74) is 3.61. The third-order valence-corrected chi connectivity index (χ3v) is 8.73. The van der Waals surface area contributed by atoms with Crippen LogP contribution in [0.4, 0.5) is 11.4 Å². The van der Waals surface area contributed by atoms with E-state index in [1.54, 1.807) is 42.5 Å². The lowest BCUT2D eigenvalue weighted by Crippen LogP contribution is -2.34. The standard InChI is InChI=1S/C32H35N3O4S2/c1-32(2,3)23-16-13-21(14-17-23)30(36)34-31(40)33-24-18-15-22(28(19-24)39-6)20-41(37,38)29-12-8-9-25-26(29)10-7-11-27(25)35(4)5/h7-19H,20H2,1-6H3,(H2,33,34,36,40). The molecule has 0 aliphatic carbocycles. The van der Waals surface area contributed by atoms with Gasteiger partial charge in [0.15, 0.2) is 14.9 Å². The summed E-state index contributed by atoms with van der Waals surface area (Å²) in [6.07, 6.45) is 0. The van der Waals surface area contributed by atoms with Crippen LogP contribution < -0.4 is 20.3 Å². The van der Waals surface area contributed by atoms with Gasteiger partial charge in [0, 0.05) is 53.4 Å². The van der Waals surface area contributed by atoms with Crippen LogP contribution in [0.1, 0.15) is 42.3 Å². The van der Waals surface area contributed by atoms with Gasteiger partial charge in [0.25, 0.3) is 5.91 Å². The Hall–Kier alpha value is -3.95. The maximum absolute atomic E-state index is 13.6. The predicted molar refractivity (Wildman–Crippen MR) is 171 cm³/mol. The zero-order chi connectivity index (χ0) is 29.9. The summed E-state index contributed by atoms with van der Waals surface area (Å²) in [7, 11) is 1.63. The van der Waals surface area contributed by atoms with Crippen LogP contribution in [0.25, 0.3) is 10.8 Å². The van der Waals surface area contributed by atoms with Gasteiger partial charge in [0.2, 0.25) is 0 Å². The van der Waals surface area contributed by atoms with Gasteiger partial charge in [0.05, 0.1) is 17.8 Å². The lowest BCUT2D eigenvalue weighted by molar-refractivity contribution is 0.0977. The second-order valence-corrected chi connectivity index (χ2v) is 13.4. The SMILES string of the molecule is COc1cc(NC(=S)NC(=O)c2ccc(C(C)(C)C)cc2)ccc1CS(=O)(=O)c1cccc2c(N(C)C)cccc12. The van der Waals surface area contributed by atoms with Gasteiger partial charge in [-0.1, -0.05) is 63.2 Å². The van der Waals surface area contributed by atoms with E-state index in [0.29, 0.717) is 28.0 Å². The van der Waals surface area contributed by atoms with Crippen LogP contribution in [0.3, 0.4) is 0 Å². The molecule has 0 unspecified atom stereocenters. The van der Waals surface area contributed by atoms with Crippen molar-refractivity contribution in [3.63, 3.8) is 0 Å². The van der Waals surface area contributed by atoms with Gasteiger partial charge in [-0.3, -0.25) is 10.1 Å². The molecule has 4 aromatic carbocycles. The minimum absolute atomic E-state index is 0.0130. The summed E-state index contributed by atoms with van der Waals surface area (Å²) in [6, 6.07) is 23.4. The molecule has 0 spiro atoms. The number of nitrogens with one attached hydrogen (secondary N) is 2. The summed E-state index contributed by atoms with van der Waals surface area (Å²) >= 11 is 5.35. The molecule has 0 saturated carbocycles. The Labute approximate surface area is 247 Å². The lowest BCUT2D eigenvalue weighted by Gasteiger charge is -2.19. The van der Waals surface area contributed by atoms with Gasteiger partial charge in [-0.15, -0.1) is 0 Å². The fourth-order valence-corrected chi connectivity index (χ4v) is 6.42. The highest BCUT2D eigenvalue weighted by molar-refractivity contribution is 7.90. The Morgan fingerprint density at radius 2 is 1.59 bits per heavy atom. The smallest absolute Gasteiger partial charge is 0.257 e. The van der Waals surface area contributed by atoms with Crippen molar-refractivity contribution in [2.45, 2.75) is 36.8 Å². The van der Waals surface area contributed by atoms with Crippen molar-refractivity contribution in [3.05, 3.63) is 95.6 Å². The van der Waals surface area contributed by atoms with Crippen molar-refractivity contribution in [1.29, 1.82) is 0 Å². The molecule has 4 rings (SSSR count). The lowest BCUT2D eigenvalue weighted by atomic mass is 9.87. The van der Waals surface area contributed by atoms with Gasteiger partial charge in [0.1, 0.15) is 5.75 Å². The number of hydrogen-bond donors (Lipinski definition) is 2. The maximum Gasteiger partial charge on any atom is 0.257 e. The van der Waals surface area contributed by atoms with Crippen LogP contribution in [0.2, 0.25) is 0 Å². The first-order chi connectivity index (χ1) is 19.3. The molecule has 214 valence electrons. The number of hydrogen-bond acceptors (Lipinski definition) is 6. The van der Waals surface area contributed by atoms with E-state index in [-0.39, 0.29) is 27.1 Å². The van der Waals surface area contributed by atoms with Crippen LogP contribution in [-0.2, 0) is 21.0 Å². The Morgan fingerprint density at radius 3 is 2.22 bits per heavy atom. The van der Waals surface area contributed by atoms with E-state index in [0.717, 1.165) is 16.6 Å². The second kappa shape index (κ2) is 11.9. The number of thiocarbonyl (C=S) groups is 1. The number of carbonyl (C=O) groups excluding carboxylic acids is 1. The molecule has 0 saturated heterocycles. The molecule has 0 atom stereocenters. The van der Waals surface area contributed by atoms with Crippen molar-refractivity contribution >= 4 is 55.2 Å². The van der Waals surface area contributed by atoms with Gasteiger partial charge < -0.3 is 15.0 Å². The normalized spacial score (nSPS) is 11.7. The summed E-state index contributed by atoms with van der Waals surface area (Å²) in [4.78, 5) is 14.9. The highest BCUT2D eigenvalue weighted by atomic mass is 32.2. The van der Waals surface area contributed by atoms with E-state index in [1.807, 2.05) is 55.4 Å². The average Bonchev–Trinajstić information content (AvgIpc) is 2.92. The number of benzene rings is 4. The summed E-state index contributed by atoms with van der Waals surface area (Å²) in [6.45, 7) is 6.34. The molecule has 0 fully saturated rings. The Bertz CT molecular complexity index is 1710. The number of carbonyl (C=O) groups is 1. The largest absolute Gasteiger partial charge is 0.496 e. The van der Waals surface area contributed by atoms with Gasteiger partial charge in [-0.2, -0.15) is 0 Å². The monoisotopic (exact) mass is 589 g/mol. The number of sulfone groups is 1. The summed E-state index contributed by atoms with van der Waals surface area (Å²) in [5.74, 6) is -0.183. The van der Waals surface area contributed by atoms with Crippen LogP contribution in [0.15, 0.2) is 83.8 Å². The second-order valence-electron chi connectivity index (χ2n) is 11.0. The first-order valence-corrected chi connectivity index (χ1v) is 15.2. The van der Waals surface area contributed by atoms with Gasteiger partial charge in [-0.25, -0.2) is 8.42 Å². The third-order valence-electron chi connectivity index (χ3n) is 6.81. The topological polar surface area (TPSA) is 87.7 Å². The number of methoxy groups -OCH3 is 1. The fraction of sp³-hybridized carbons (Fsp3) is 0.250. The summed E-state index contributed by atoms with van der Waals surface area (Å²) in [5, 5.41) is 7.32. The van der Waals surface area contributed by atoms with E-state index < -0.39 is 9.84 Å². The number of fused-ring (bicyclic) bond motifs is 1.